The average molecular weight is 534 g/mol. The minimum Gasteiger partial charge on any atom is -0.480 e. The van der Waals surface area contributed by atoms with Gasteiger partial charge in [0.15, 0.2) is 0 Å². The van der Waals surface area contributed by atoms with Gasteiger partial charge < -0.3 is 9.67 Å². The number of halogens is 2. The van der Waals surface area contributed by atoms with Crippen LogP contribution in [0.1, 0.15) is 24.0 Å². The smallest absolute Gasteiger partial charge is 0.323 e. The molecule has 0 aliphatic carbocycles. The van der Waals surface area contributed by atoms with Crippen LogP contribution >= 0.6 is 24.0 Å². The highest BCUT2D eigenvalue weighted by Crippen LogP contribution is 2.32. The van der Waals surface area contributed by atoms with Crippen molar-refractivity contribution in [1.29, 1.82) is 5.26 Å². The van der Waals surface area contributed by atoms with Gasteiger partial charge >= 0.3 is 5.97 Å². The first-order valence-corrected chi connectivity index (χ1v) is 12.7. The maximum Gasteiger partial charge on any atom is 0.323 e. The number of carboxylic acids is 1. The van der Waals surface area contributed by atoms with Crippen LogP contribution < -0.4 is 0 Å². The van der Waals surface area contributed by atoms with E-state index in [9.17, 15) is 18.5 Å². The topological polar surface area (TPSA) is 103 Å². The lowest BCUT2D eigenvalue weighted by Gasteiger charge is -2.31. The first-order chi connectivity index (χ1) is 16.3. The van der Waals surface area contributed by atoms with Crippen LogP contribution in [-0.2, 0) is 27.8 Å². The Labute approximate surface area is 216 Å². The predicted molar refractivity (Wildman–Crippen MR) is 136 cm³/mol. The third kappa shape index (κ3) is 6.24. The molecule has 1 aliphatic heterocycles. The van der Waals surface area contributed by atoms with Crippen molar-refractivity contribution in [2.45, 2.75) is 30.7 Å². The van der Waals surface area contributed by atoms with Gasteiger partial charge in [0.1, 0.15) is 12.6 Å². The van der Waals surface area contributed by atoms with Crippen LogP contribution in [-0.4, -0.2) is 41.5 Å². The van der Waals surface area contributed by atoms with Crippen LogP contribution in [0.2, 0.25) is 5.02 Å². The zero-order valence-corrected chi connectivity index (χ0v) is 21.2. The number of aromatic nitrogens is 1. The van der Waals surface area contributed by atoms with Crippen LogP contribution in [0.4, 0.5) is 0 Å². The summed E-state index contributed by atoms with van der Waals surface area (Å²) in [6, 6.07) is 16.7. The van der Waals surface area contributed by atoms with Crippen molar-refractivity contribution in [1.82, 2.24) is 8.87 Å². The van der Waals surface area contributed by atoms with E-state index < -0.39 is 16.0 Å². The zero-order valence-electron chi connectivity index (χ0n) is 18.8. The molecular weight excluding hydrogens is 509 g/mol. The highest BCUT2D eigenvalue weighted by atomic mass is 35.5. The van der Waals surface area contributed by atoms with E-state index in [1.165, 1.54) is 39.0 Å². The van der Waals surface area contributed by atoms with Crippen LogP contribution in [0, 0.1) is 17.2 Å². The van der Waals surface area contributed by atoms with Gasteiger partial charge in [-0.3, -0.25) is 4.79 Å². The lowest BCUT2D eigenvalue weighted by atomic mass is 9.91. The predicted octanol–water partition coefficient (Wildman–Crippen LogP) is 4.83. The molecule has 0 unspecified atom stereocenters. The maximum atomic E-state index is 13.4. The van der Waals surface area contributed by atoms with E-state index >= 15 is 0 Å². The molecule has 3 aromatic rings. The molecule has 1 aliphatic rings. The van der Waals surface area contributed by atoms with Crippen LogP contribution in [0.5, 0.6) is 0 Å². The van der Waals surface area contributed by atoms with E-state index in [2.05, 4.69) is 12.1 Å². The van der Waals surface area contributed by atoms with Gasteiger partial charge in [0, 0.05) is 36.1 Å². The molecule has 7 nitrogen and oxygen atoms in total. The van der Waals surface area contributed by atoms with Crippen molar-refractivity contribution in [2.75, 3.05) is 13.1 Å². The fourth-order valence-corrected chi connectivity index (χ4v) is 6.23. The molecule has 184 valence electrons. The maximum absolute atomic E-state index is 13.4. The highest BCUT2D eigenvalue weighted by molar-refractivity contribution is 7.89. The molecule has 1 aromatic heterocycles. The molecular formula is C25H25Cl2N3O4S. The Morgan fingerprint density at radius 1 is 1.11 bits per heavy atom. The highest BCUT2D eigenvalue weighted by Gasteiger charge is 2.30. The Kier molecular flexibility index (Phi) is 8.62. The summed E-state index contributed by atoms with van der Waals surface area (Å²) in [5.41, 5.74) is 2.38. The van der Waals surface area contributed by atoms with Gasteiger partial charge in [-0.25, -0.2) is 8.42 Å². The monoisotopic (exact) mass is 533 g/mol. The fraction of sp³-hybridized carbons (Fsp3) is 0.280. The molecule has 0 amide bonds. The Bertz CT molecular complexity index is 1340. The van der Waals surface area contributed by atoms with Crippen LogP contribution in [0.15, 0.2) is 65.8 Å². The minimum atomic E-state index is -3.78. The number of hydrogen-bond donors (Lipinski definition) is 1. The Morgan fingerprint density at radius 2 is 1.80 bits per heavy atom. The van der Waals surface area contributed by atoms with Crippen molar-refractivity contribution in [3.8, 4) is 17.2 Å². The van der Waals surface area contributed by atoms with E-state index in [-0.39, 0.29) is 34.4 Å². The summed E-state index contributed by atoms with van der Waals surface area (Å²) in [7, 11) is -3.78. The van der Waals surface area contributed by atoms with Gasteiger partial charge in [0.2, 0.25) is 10.0 Å². The Balaban J connectivity index is 0.00000342. The quantitative estimate of drug-likeness (QED) is 0.468. The van der Waals surface area contributed by atoms with Gasteiger partial charge in [0.25, 0.3) is 0 Å². The lowest BCUT2D eigenvalue weighted by molar-refractivity contribution is -0.137. The summed E-state index contributed by atoms with van der Waals surface area (Å²) in [4.78, 5) is 11.1. The molecule has 0 saturated carbocycles. The average Bonchev–Trinajstić information content (AvgIpc) is 3.22. The van der Waals surface area contributed by atoms with Crippen molar-refractivity contribution >= 4 is 40.0 Å². The lowest BCUT2D eigenvalue weighted by Crippen LogP contribution is -2.38. The third-order valence-electron chi connectivity index (χ3n) is 6.08. The van der Waals surface area contributed by atoms with E-state index in [0.717, 1.165) is 19.3 Å². The number of benzene rings is 2. The van der Waals surface area contributed by atoms with Gasteiger partial charge in [-0.1, -0.05) is 41.9 Å². The van der Waals surface area contributed by atoms with Crippen LogP contribution in [0.25, 0.3) is 11.1 Å². The van der Waals surface area contributed by atoms with Crippen molar-refractivity contribution in [3.05, 3.63) is 77.1 Å². The molecule has 1 N–H and O–H groups in total. The molecule has 0 bridgehead atoms. The Hall–Kier alpha value is -2.83. The number of aliphatic carboxylic acids is 1. The van der Waals surface area contributed by atoms with E-state index in [1.807, 2.05) is 24.3 Å². The molecule has 2 aromatic carbocycles. The summed E-state index contributed by atoms with van der Waals surface area (Å²) in [5, 5.41) is 18.8. The molecule has 0 spiro atoms. The van der Waals surface area contributed by atoms with Crippen molar-refractivity contribution in [2.24, 2.45) is 5.92 Å². The summed E-state index contributed by atoms with van der Waals surface area (Å²) < 4.78 is 29.7. The molecule has 1 saturated heterocycles. The van der Waals surface area contributed by atoms with E-state index in [0.29, 0.717) is 30.1 Å². The van der Waals surface area contributed by atoms with Gasteiger partial charge in [-0.05, 0) is 54.5 Å². The number of hydrogen-bond acceptors (Lipinski definition) is 4. The van der Waals surface area contributed by atoms with Gasteiger partial charge in [-0.2, -0.15) is 9.57 Å². The summed E-state index contributed by atoms with van der Waals surface area (Å²) in [6.45, 7) is 0.554. The standard InChI is InChI=1S/C25H24ClN3O4S.ClH/c26-22-11-20(24-16-28(17-25(30)31)15-21(24)14-27)12-23(13-22)34(32,33)29-8-6-19(7-9-29)10-18-4-2-1-3-5-18;/h1-5,11-13,15-16,19H,6-10,17H2,(H,30,31);1H. The summed E-state index contributed by atoms with van der Waals surface area (Å²) in [6.07, 6.45) is 5.43. The molecule has 10 heteroatoms. The van der Waals surface area contributed by atoms with Crippen LogP contribution in [0.3, 0.4) is 0 Å². The van der Waals surface area contributed by atoms with Crippen molar-refractivity contribution in [3.63, 3.8) is 0 Å². The number of carboxylic acid groups (broad SMARTS) is 1. The second kappa shape index (κ2) is 11.3. The molecule has 0 atom stereocenters. The molecule has 1 fully saturated rings. The SMILES string of the molecule is Cl.N#Cc1cn(CC(=O)O)cc1-c1cc(Cl)cc(S(=O)(=O)N2CCC(Cc3ccccc3)CC2)c1. The zero-order chi connectivity index (χ0) is 24.3. The molecule has 0 radical (unpaired) electrons. The second-order valence-corrected chi connectivity index (χ2v) is 10.9. The number of rotatable bonds is 7. The number of carbonyl (C=O) groups is 1. The first-order valence-electron chi connectivity index (χ1n) is 10.9. The van der Waals surface area contributed by atoms with E-state index in [4.69, 9.17) is 16.7 Å². The third-order valence-corrected chi connectivity index (χ3v) is 8.17. The Morgan fingerprint density at radius 3 is 2.43 bits per heavy atom. The molecule has 2 heterocycles. The summed E-state index contributed by atoms with van der Waals surface area (Å²) in [5.74, 6) is -0.618. The first kappa shape index (κ1) is 26.8. The number of piperidine rings is 1. The number of nitriles is 1. The van der Waals surface area contributed by atoms with Crippen molar-refractivity contribution < 1.29 is 18.3 Å². The largest absolute Gasteiger partial charge is 0.480 e. The van der Waals surface area contributed by atoms with Gasteiger partial charge in [-0.15, -0.1) is 12.4 Å². The normalized spacial score (nSPS) is 14.7. The van der Waals surface area contributed by atoms with E-state index in [1.54, 1.807) is 6.07 Å². The number of sulfonamides is 1. The molecule has 35 heavy (non-hydrogen) atoms. The van der Waals surface area contributed by atoms with Gasteiger partial charge in [0.05, 0.1) is 10.5 Å². The minimum absolute atomic E-state index is 0. The summed E-state index contributed by atoms with van der Waals surface area (Å²) >= 11 is 6.28. The second-order valence-electron chi connectivity index (χ2n) is 8.48. The number of nitrogens with zero attached hydrogens (tertiary/aromatic N) is 3. The fourth-order valence-electron chi connectivity index (χ4n) is 4.39. The molecule has 4 rings (SSSR count).